The van der Waals surface area contributed by atoms with Crippen LogP contribution in [0.1, 0.15) is 41.6 Å². The van der Waals surface area contributed by atoms with Crippen molar-refractivity contribution in [2.75, 3.05) is 24.3 Å². The van der Waals surface area contributed by atoms with Crippen LogP contribution in [0, 0.1) is 18.6 Å². The largest absolute Gasteiger partial charge is 0.490 e. The zero-order valence-corrected chi connectivity index (χ0v) is 19.3. The van der Waals surface area contributed by atoms with Gasteiger partial charge in [0, 0.05) is 37.3 Å². The molecular formula is C22H26F5N5O3. The number of alkyl halides is 3. The maximum absolute atomic E-state index is 13.3. The lowest BCUT2D eigenvalue weighted by molar-refractivity contribution is -0.192. The molecule has 0 spiro atoms. The maximum atomic E-state index is 13.3. The minimum Gasteiger partial charge on any atom is -0.475 e. The molecule has 3 N–H and O–H groups in total. The molecule has 8 nitrogen and oxygen atoms in total. The van der Waals surface area contributed by atoms with Gasteiger partial charge in [0.15, 0.2) is 11.6 Å². The first-order valence-corrected chi connectivity index (χ1v) is 10.6. The van der Waals surface area contributed by atoms with Gasteiger partial charge in [-0.05, 0) is 50.8 Å². The van der Waals surface area contributed by atoms with E-state index in [2.05, 4.69) is 20.6 Å². The van der Waals surface area contributed by atoms with Gasteiger partial charge in [-0.25, -0.2) is 23.5 Å². The number of aromatic nitrogens is 2. The van der Waals surface area contributed by atoms with E-state index in [1.807, 2.05) is 25.9 Å². The smallest absolute Gasteiger partial charge is 0.475 e. The minimum absolute atomic E-state index is 0.0162. The van der Waals surface area contributed by atoms with Crippen LogP contribution in [0.2, 0.25) is 0 Å². The Morgan fingerprint density at radius 2 is 1.60 bits per heavy atom. The summed E-state index contributed by atoms with van der Waals surface area (Å²) in [4.78, 5) is 31.8. The van der Waals surface area contributed by atoms with Crippen molar-refractivity contribution >= 4 is 23.5 Å². The summed E-state index contributed by atoms with van der Waals surface area (Å²) in [6.45, 7) is 1.99. The number of aliphatic carboxylic acids is 1. The second-order valence-corrected chi connectivity index (χ2v) is 8.16. The van der Waals surface area contributed by atoms with Crippen molar-refractivity contribution in [1.82, 2.24) is 15.3 Å². The van der Waals surface area contributed by atoms with Crippen LogP contribution in [0.5, 0.6) is 0 Å². The molecule has 0 aliphatic heterocycles. The van der Waals surface area contributed by atoms with E-state index in [9.17, 15) is 26.7 Å². The second kappa shape index (κ2) is 11.8. The van der Waals surface area contributed by atoms with Crippen LogP contribution in [-0.4, -0.2) is 59.3 Å². The van der Waals surface area contributed by atoms with Gasteiger partial charge < -0.3 is 20.6 Å². The summed E-state index contributed by atoms with van der Waals surface area (Å²) in [5.74, 6) is -3.40. The average Bonchev–Trinajstić information content (AvgIpc) is 2.78. The topological polar surface area (TPSA) is 107 Å². The quantitative estimate of drug-likeness (QED) is 0.531. The third-order valence-electron chi connectivity index (χ3n) is 5.31. The summed E-state index contributed by atoms with van der Waals surface area (Å²) in [7, 11) is 3.89. The van der Waals surface area contributed by atoms with Crippen molar-refractivity contribution < 1.29 is 36.6 Å². The molecule has 1 aromatic carbocycles. The number of carboxylic acid groups (broad SMARTS) is 1. The first-order chi connectivity index (χ1) is 16.3. The lowest BCUT2D eigenvalue weighted by atomic mass is 9.91. The summed E-state index contributed by atoms with van der Waals surface area (Å²) < 4.78 is 58.1. The summed E-state index contributed by atoms with van der Waals surface area (Å²) >= 11 is 0. The van der Waals surface area contributed by atoms with Crippen molar-refractivity contribution in [1.29, 1.82) is 0 Å². The zero-order chi connectivity index (χ0) is 26.3. The lowest BCUT2D eigenvalue weighted by Crippen LogP contribution is -2.40. The van der Waals surface area contributed by atoms with Crippen LogP contribution >= 0.6 is 0 Å². The fourth-order valence-electron chi connectivity index (χ4n) is 3.52. The van der Waals surface area contributed by atoms with E-state index < -0.39 is 23.8 Å². The Kier molecular flexibility index (Phi) is 9.32. The summed E-state index contributed by atoms with van der Waals surface area (Å²) in [5.41, 5.74) is 1.13. The predicted molar refractivity (Wildman–Crippen MR) is 118 cm³/mol. The molecule has 0 radical (unpaired) electrons. The summed E-state index contributed by atoms with van der Waals surface area (Å²) in [6.07, 6.45) is -0.166. The molecule has 1 amide bonds. The molecule has 1 aromatic heterocycles. The molecule has 2 aromatic rings. The minimum atomic E-state index is -5.08. The molecule has 0 atom stereocenters. The van der Waals surface area contributed by atoms with Crippen molar-refractivity contribution in [3.63, 3.8) is 0 Å². The Morgan fingerprint density at radius 3 is 2.11 bits per heavy atom. The predicted octanol–water partition coefficient (Wildman–Crippen LogP) is 3.92. The molecule has 0 saturated heterocycles. The molecule has 192 valence electrons. The number of hydrogen-bond acceptors (Lipinski definition) is 6. The first-order valence-electron chi connectivity index (χ1n) is 10.6. The number of anilines is 2. The van der Waals surface area contributed by atoms with Crippen LogP contribution in [-0.2, 0) is 4.79 Å². The van der Waals surface area contributed by atoms with E-state index >= 15 is 0 Å². The molecule has 1 saturated carbocycles. The van der Waals surface area contributed by atoms with Gasteiger partial charge in [0.1, 0.15) is 18.0 Å². The second-order valence-electron chi connectivity index (χ2n) is 8.16. The Morgan fingerprint density at radius 1 is 1.03 bits per heavy atom. The fourth-order valence-corrected chi connectivity index (χ4v) is 3.52. The highest BCUT2D eigenvalue weighted by atomic mass is 19.4. The number of nitrogens with zero attached hydrogens (tertiary/aromatic N) is 3. The number of carbonyl (C=O) groups is 2. The van der Waals surface area contributed by atoms with E-state index in [0.29, 0.717) is 0 Å². The molecule has 0 bridgehead atoms. The molecule has 35 heavy (non-hydrogen) atoms. The van der Waals surface area contributed by atoms with Gasteiger partial charge in [-0.2, -0.15) is 13.2 Å². The zero-order valence-electron chi connectivity index (χ0n) is 19.3. The van der Waals surface area contributed by atoms with Crippen molar-refractivity contribution in [2.24, 2.45) is 0 Å². The normalized spacial score (nSPS) is 17.6. The molecule has 13 heteroatoms. The summed E-state index contributed by atoms with van der Waals surface area (Å²) in [6, 6.07) is 3.47. The Hall–Kier alpha value is -3.51. The SMILES string of the molecule is Cc1c(N[C@H]2CC[C@@H](NC(=O)c3ccc(F)c(F)c3)CC2)ncnc1N(C)C.O=C(O)C(F)(F)F. The number of halogens is 5. The standard InChI is InChI=1S/C20H25F2N5O.C2HF3O2/c1-12-18(23-11-24-19(12)27(2)3)25-14-5-7-15(8-6-14)26-20(28)13-4-9-16(21)17(22)10-13;3-2(4,5)1(6)7/h4,9-11,14-15H,5-8H2,1-3H3,(H,26,28)(H,23,24,25);(H,6,7)/t14-,15+;. The van der Waals surface area contributed by atoms with E-state index in [1.54, 1.807) is 6.33 Å². The van der Waals surface area contributed by atoms with Crippen LogP contribution in [0.25, 0.3) is 0 Å². The van der Waals surface area contributed by atoms with Gasteiger partial charge >= 0.3 is 12.1 Å². The van der Waals surface area contributed by atoms with E-state index in [1.165, 1.54) is 6.07 Å². The van der Waals surface area contributed by atoms with Crippen LogP contribution in [0.3, 0.4) is 0 Å². The number of benzene rings is 1. The van der Waals surface area contributed by atoms with Crippen LogP contribution in [0.15, 0.2) is 24.5 Å². The molecule has 1 aliphatic rings. The number of amides is 1. The molecule has 1 aliphatic carbocycles. The van der Waals surface area contributed by atoms with Crippen LogP contribution in [0.4, 0.5) is 33.6 Å². The van der Waals surface area contributed by atoms with Gasteiger partial charge in [-0.3, -0.25) is 4.79 Å². The number of hydrogen-bond donors (Lipinski definition) is 3. The van der Waals surface area contributed by atoms with Gasteiger partial charge in [-0.1, -0.05) is 0 Å². The highest BCUT2D eigenvalue weighted by molar-refractivity contribution is 5.94. The van der Waals surface area contributed by atoms with Crippen molar-refractivity contribution in [2.45, 2.75) is 50.9 Å². The fraction of sp³-hybridized carbons (Fsp3) is 0.455. The highest BCUT2D eigenvalue weighted by Gasteiger charge is 2.38. The van der Waals surface area contributed by atoms with Gasteiger partial charge in [0.2, 0.25) is 0 Å². The maximum Gasteiger partial charge on any atom is 0.490 e. The molecule has 0 unspecified atom stereocenters. The number of nitrogens with one attached hydrogen (secondary N) is 2. The lowest BCUT2D eigenvalue weighted by Gasteiger charge is -2.30. The third-order valence-corrected chi connectivity index (χ3v) is 5.31. The number of carboxylic acids is 1. The Labute approximate surface area is 198 Å². The average molecular weight is 503 g/mol. The highest BCUT2D eigenvalue weighted by Crippen LogP contribution is 2.26. The van der Waals surface area contributed by atoms with E-state index in [-0.39, 0.29) is 23.6 Å². The van der Waals surface area contributed by atoms with Crippen molar-refractivity contribution in [3.05, 3.63) is 47.3 Å². The molecule has 3 rings (SSSR count). The Balaban J connectivity index is 0.000000540. The van der Waals surface area contributed by atoms with Crippen LogP contribution < -0.4 is 15.5 Å². The van der Waals surface area contributed by atoms with Gasteiger partial charge in [0.25, 0.3) is 5.91 Å². The van der Waals surface area contributed by atoms with Gasteiger partial charge in [-0.15, -0.1) is 0 Å². The van der Waals surface area contributed by atoms with Crippen molar-refractivity contribution in [3.8, 4) is 0 Å². The molecular weight excluding hydrogens is 477 g/mol. The third kappa shape index (κ3) is 8.04. The number of carbonyl (C=O) groups excluding carboxylic acids is 1. The first kappa shape index (κ1) is 27.7. The van der Waals surface area contributed by atoms with E-state index in [0.717, 1.165) is 55.0 Å². The van der Waals surface area contributed by atoms with Gasteiger partial charge in [0.05, 0.1) is 0 Å². The molecule has 1 fully saturated rings. The summed E-state index contributed by atoms with van der Waals surface area (Å²) in [5, 5.41) is 13.5. The molecule has 1 heterocycles. The monoisotopic (exact) mass is 503 g/mol. The number of rotatable bonds is 5. The Bertz CT molecular complexity index is 1040. The van der Waals surface area contributed by atoms with E-state index in [4.69, 9.17) is 9.90 Å².